The largest absolute Gasteiger partial charge is 0.497 e. The standard InChI is InChI=1S/C16H17Cl2NO2/c1-11(21-16-5-3-15(20-2)4-6-16)10-19-14-8-12(17)7-13(18)9-14/h3-9,11,19H,10H2,1-2H3. The lowest BCUT2D eigenvalue weighted by atomic mass is 10.3. The molecule has 21 heavy (non-hydrogen) atoms. The minimum absolute atomic E-state index is 0.00356. The molecule has 0 fully saturated rings. The van der Waals surface area contributed by atoms with Gasteiger partial charge in [0.1, 0.15) is 17.6 Å². The summed E-state index contributed by atoms with van der Waals surface area (Å²) in [5, 5.41) is 4.46. The van der Waals surface area contributed by atoms with Crippen molar-refractivity contribution in [3.8, 4) is 11.5 Å². The van der Waals surface area contributed by atoms with Gasteiger partial charge >= 0.3 is 0 Å². The van der Waals surface area contributed by atoms with E-state index in [2.05, 4.69) is 5.32 Å². The normalized spacial score (nSPS) is 11.8. The van der Waals surface area contributed by atoms with Gasteiger partial charge in [0.2, 0.25) is 0 Å². The third-order valence-electron chi connectivity index (χ3n) is 2.85. The van der Waals surface area contributed by atoms with Crippen molar-refractivity contribution in [2.24, 2.45) is 0 Å². The third-order valence-corrected chi connectivity index (χ3v) is 3.29. The first-order chi connectivity index (χ1) is 10.1. The molecule has 0 aliphatic rings. The highest BCUT2D eigenvalue weighted by molar-refractivity contribution is 6.35. The molecule has 0 saturated carbocycles. The van der Waals surface area contributed by atoms with Crippen LogP contribution in [0.15, 0.2) is 42.5 Å². The van der Waals surface area contributed by atoms with Crippen LogP contribution in [-0.4, -0.2) is 19.8 Å². The Bertz CT molecular complexity index is 567. The number of methoxy groups -OCH3 is 1. The Morgan fingerprint density at radius 1 is 1.00 bits per heavy atom. The van der Waals surface area contributed by atoms with E-state index in [4.69, 9.17) is 32.7 Å². The number of nitrogens with one attached hydrogen (secondary N) is 1. The molecule has 0 radical (unpaired) electrons. The van der Waals surface area contributed by atoms with Crippen LogP contribution in [0.2, 0.25) is 10.0 Å². The summed E-state index contributed by atoms with van der Waals surface area (Å²) in [4.78, 5) is 0. The second kappa shape index (κ2) is 7.43. The van der Waals surface area contributed by atoms with Crippen molar-refractivity contribution >= 4 is 28.9 Å². The minimum Gasteiger partial charge on any atom is -0.497 e. The Hall–Kier alpha value is -1.58. The lowest BCUT2D eigenvalue weighted by molar-refractivity contribution is 0.234. The highest BCUT2D eigenvalue weighted by Gasteiger charge is 2.05. The van der Waals surface area contributed by atoms with E-state index in [-0.39, 0.29) is 6.10 Å². The smallest absolute Gasteiger partial charge is 0.120 e. The van der Waals surface area contributed by atoms with Gasteiger partial charge in [-0.3, -0.25) is 0 Å². The number of hydrogen-bond acceptors (Lipinski definition) is 3. The van der Waals surface area contributed by atoms with E-state index < -0.39 is 0 Å². The van der Waals surface area contributed by atoms with Crippen LogP contribution >= 0.6 is 23.2 Å². The molecule has 3 nitrogen and oxygen atoms in total. The fourth-order valence-corrected chi connectivity index (χ4v) is 2.37. The van der Waals surface area contributed by atoms with E-state index >= 15 is 0 Å². The zero-order chi connectivity index (χ0) is 15.2. The van der Waals surface area contributed by atoms with Crippen molar-refractivity contribution in [1.29, 1.82) is 0 Å². The summed E-state index contributed by atoms with van der Waals surface area (Å²) in [5.41, 5.74) is 0.873. The first-order valence-corrected chi connectivity index (χ1v) is 7.33. The van der Waals surface area contributed by atoms with Crippen LogP contribution in [0.5, 0.6) is 11.5 Å². The SMILES string of the molecule is COc1ccc(OC(C)CNc2cc(Cl)cc(Cl)c2)cc1. The lowest BCUT2D eigenvalue weighted by Crippen LogP contribution is -2.22. The number of benzene rings is 2. The number of ether oxygens (including phenoxy) is 2. The van der Waals surface area contributed by atoms with Crippen molar-refractivity contribution in [1.82, 2.24) is 0 Å². The Morgan fingerprint density at radius 2 is 1.57 bits per heavy atom. The van der Waals surface area contributed by atoms with Gasteiger partial charge in [-0.25, -0.2) is 0 Å². The van der Waals surface area contributed by atoms with Crippen LogP contribution < -0.4 is 14.8 Å². The molecule has 1 atom stereocenters. The molecule has 0 saturated heterocycles. The first kappa shape index (κ1) is 15.8. The van der Waals surface area contributed by atoms with Crippen molar-refractivity contribution in [2.75, 3.05) is 19.0 Å². The minimum atomic E-state index is -0.00356. The van der Waals surface area contributed by atoms with Gasteiger partial charge < -0.3 is 14.8 Å². The molecule has 0 aliphatic heterocycles. The van der Waals surface area contributed by atoms with Crippen molar-refractivity contribution in [3.63, 3.8) is 0 Å². The molecule has 0 heterocycles. The van der Waals surface area contributed by atoms with Gasteiger partial charge in [-0.15, -0.1) is 0 Å². The summed E-state index contributed by atoms with van der Waals surface area (Å²) in [6, 6.07) is 12.8. The Kier molecular flexibility index (Phi) is 5.59. The first-order valence-electron chi connectivity index (χ1n) is 6.57. The average Bonchev–Trinajstić information content (AvgIpc) is 2.45. The Balaban J connectivity index is 1.87. The van der Waals surface area contributed by atoms with Crippen LogP contribution in [-0.2, 0) is 0 Å². The van der Waals surface area contributed by atoms with Crippen LogP contribution in [0.1, 0.15) is 6.92 Å². The Morgan fingerprint density at radius 3 is 2.14 bits per heavy atom. The second-order valence-corrected chi connectivity index (χ2v) is 5.52. The van der Waals surface area contributed by atoms with Gasteiger partial charge in [0.05, 0.1) is 13.7 Å². The monoisotopic (exact) mass is 325 g/mol. The van der Waals surface area contributed by atoms with E-state index in [9.17, 15) is 0 Å². The molecule has 5 heteroatoms. The summed E-state index contributed by atoms with van der Waals surface area (Å²) in [6.45, 7) is 2.63. The predicted octanol–water partition coefficient (Wildman–Crippen LogP) is 4.88. The molecule has 0 spiro atoms. The predicted molar refractivity (Wildman–Crippen MR) is 88.0 cm³/mol. The lowest BCUT2D eigenvalue weighted by Gasteiger charge is -2.16. The number of halogens is 2. The van der Waals surface area contributed by atoms with Crippen LogP contribution in [0.3, 0.4) is 0 Å². The van der Waals surface area contributed by atoms with Gasteiger partial charge in [-0.2, -0.15) is 0 Å². The van der Waals surface area contributed by atoms with E-state index in [1.165, 1.54) is 0 Å². The molecule has 0 aromatic heterocycles. The van der Waals surface area contributed by atoms with E-state index in [0.29, 0.717) is 16.6 Å². The molecule has 2 aromatic carbocycles. The maximum Gasteiger partial charge on any atom is 0.120 e. The van der Waals surface area contributed by atoms with Gasteiger partial charge in [-0.1, -0.05) is 23.2 Å². The van der Waals surface area contributed by atoms with Crippen molar-refractivity contribution in [2.45, 2.75) is 13.0 Å². The van der Waals surface area contributed by atoms with E-state index in [0.717, 1.165) is 17.2 Å². The van der Waals surface area contributed by atoms with Crippen LogP contribution in [0.25, 0.3) is 0 Å². The van der Waals surface area contributed by atoms with Gasteiger partial charge in [0.25, 0.3) is 0 Å². The number of rotatable bonds is 6. The fourth-order valence-electron chi connectivity index (χ4n) is 1.85. The van der Waals surface area contributed by atoms with E-state index in [1.54, 1.807) is 13.2 Å². The molecule has 1 unspecified atom stereocenters. The summed E-state index contributed by atoms with van der Waals surface area (Å²) >= 11 is 11.9. The summed E-state index contributed by atoms with van der Waals surface area (Å²) in [5.74, 6) is 1.61. The average molecular weight is 326 g/mol. The molecular formula is C16H17Cl2NO2. The molecular weight excluding hydrogens is 309 g/mol. The van der Waals surface area contributed by atoms with Crippen molar-refractivity contribution < 1.29 is 9.47 Å². The summed E-state index contributed by atoms with van der Waals surface area (Å²) in [7, 11) is 1.64. The van der Waals surface area contributed by atoms with Gasteiger partial charge in [-0.05, 0) is 49.4 Å². The number of anilines is 1. The third kappa shape index (κ3) is 5.03. The van der Waals surface area contributed by atoms with Crippen LogP contribution in [0.4, 0.5) is 5.69 Å². The zero-order valence-corrected chi connectivity index (χ0v) is 13.4. The molecule has 2 rings (SSSR count). The quantitative estimate of drug-likeness (QED) is 0.820. The fraction of sp³-hybridized carbons (Fsp3) is 0.250. The second-order valence-electron chi connectivity index (χ2n) is 4.64. The summed E-state index contributed by atoms with van der Waals surface area (Å²) in [6.07, 6.45) is -0.00356. The molecule has 1 N–H and O–H groups in total. The van der Waals surface area contributed by atoms with Crippen LogP contribution in [0, 0.1) is 0 Å². The highest BCUT2D eigenvalue weighted by Crippen LogP contribution is 2.23. The summed E-state index contributed by atoms with van der Waals surface area (Å²) < 4.78 is 10.9. The molecule has 2 aromatic rings. The molecule has 0 aliphatic carbocycles. The Labute approximate surface area is 134 Å². The number of hydrogen-bond donors (Lipinski definition) is 1. The maximum atomic E-state index is 5.96. The van der Waals surface area contributed by atoms with Crippen molar-refractivity contribution in [3.05, 3.63) is 52.5 Å². The van der Waals surface area contributed by atoms with Gasteiger partial charge in [0, 0.05) is 15.7 Å². The van der Waals surface area contributed by atoms with E-state index in [1.807, 2.05) is 43.3 Å². The molecule has 0 amide bonds. The zero-order valence-electron chi connectivity index (χ0n) is 11.9. The molecule has 0 bridgehead atoms. The van der Waals surface area contributed by atoms with Gasteiger partial charge in [0.15, 0.2) is 0 Å². The highest BCUT2D eigenvalue weighted by atomic mass is 35.5. The molecule has 112 valence electrons. The maximum absolute atomic E-state index is 5.96. The topological polar surface area (TPSA) is 30.5 Å².